The van der Waals surface area contributed by atoms with Crippen LogP contribution in [0.3, 0.4) is 0 Å². The Morgan fingerprint density at radius 3 is 3.09 bits per heavy atom. The Labute approximate surface area is 133 Å². The summed E-state index contributed by atoms with van der Waals surface area (Å²) < 4.78 is 7.05. The molecule has 1 N–H and O–H groups in total. The first kappa shape index (κ1) is 15.0. The highest BCUT2D eigenvalue weighted by Crippen LogP contribution is 2.31. The Morgan fingerprint density at radius 1 is 1.43 bits per heavy atom. The Morgan fingerprint density at radius 2 is 2.30 bits per heavy atom. The summed E-state index contributed by atoms with van der Waals surface area (Å²) in [5.74, 6) is 0.288. The third-order valence-electron chi connectivity index (χ3n) is 3.63. The van der Waals surface area contributed by atoms with Gasteiger partial charge in [-0.1, -0.05) is 5.21 Å². The number of hydrogen-bond donors (Lipinski definition) is 1. The Hall–Kier alpha value is -2.90. The number of anilines is 1. The van der Waals surface area contributed by atoms with Crippen LogP contribution in [0.1, 0.15) is 16.8 Å². The first-order valence-electron chi connectivity index (χ1n) is 7.31. The summed E-state index contributed by atoms with van der Waals surface area (Å²) in [5, 5.41) is 10.4. The van der Waals surface area contributed by atoms with E-state index in [2.05, 4.69) is 15.6 Å². The molecule has 2 amide bonds. The molecule has 2 heterocycles. The Balaban J connectivity index is 1.58. The van der Waals surface area contributed by atoms with Gasteiger partial charge in [-0.2, -0.15) is 0 Å². The molecular weight excluding hydrogens is 298 g/mol. The molecule has 1 aromatic carbocycles. The molecule has 0 aliphatic carbocycles. The lowest BCUT2D eigenvalue weighted by atomic mass is 10.1. The lowest BCUT2D eigenvalue weighted by Crippen LogP contribution is -2.35. The molecule has 0 saturated carbocycles. The van der Waals surface area contributed by atoms with Crippen LogP contribution < -0.4 is 15.0 Å². The van der Waals surface area contributed by atoms with Gasteiger partial charge in [-0.05, 0) is 24.6 Å². The number of hydrogen-bond acceptors (Lipinski definition) is 5. The average molecular weight is 315 g/mol. The molecule has 8 heteroatoms. The highest BCUT2D eigenvalue weighted by Gasteiger charge is 2.23. The molecule has 1 aliphatic heterocycles. The Bertz CT molecular complexity index is 714. The van der Waals surface area contributed by atoms with E-state index in [1.54, 1.807) is 42.3 Å². The standard InChI is InChI=1S/C15H17N5O3/c1-19-12-9-11(3-4-13(12)23-10-14(19)21)15(22)16-5-2-7-20-8-6-17-18-20/h3-4,6,8-9H,2,5,7,10H2,1H3,(H,16,22). The fourth-order valence-corrected chi connectivity index (χ4v) is 2.31. The lowest BCUT2D eigenvalue weighted by molar-refractivity contribution is -0.120. The fourth-order valence-electron chi connectivity index (χ4n) is 2.31. The molecule has 0 radical (unpaired) electrons. The minimum Gasteiger partial charge on any atom is -0.482 e. The van der Waals surface area contributed by atoms with Crippen molar-refractivity contribution in [3.8, 4) is 5.75 Å². The van der Waals surface area contributed by atoms with Gasteiger partial charge in [0.15, 0.2) is 6.61 Å². The number of ether oxygens (including phenoxy) is 1. The van der Waals surface area contributed by atoms with E-state index in [1.165, 1.54) is 4.90 Å². The minimum absolute atomic E-state index is 0.0251. The first-order valence-corrected chi connectivity index (χ1v) is 7.31. The van der Waals surface area contributed by atoms with Crippen molar-refractivity contribution in [2.45, 2.75) is 13.0 Å². The number of benzene rings is 1. The topological polar surface area (TPSA) is 89.4 Å². The molecule has 1 aliphatic rings. The number of aromatic nitrogens is 3. The van der Waals surface area contributed by atoms with Crippen LogP contribution in [0.15, 0.2) is 30.6 Å². The predicted molar refractivity (Wildman–Crippen MR) is 82.3 cm³/mol. The maximum atomic E-state index is 12.2. The van der Waals surface area contributed by atoms with E-state index < -0.39 is 0 Å². The molecule has 2 aromatic rings. The molecule has 0 spiro atoms. The summed E-state index contributed by atoms with van der Waals surface area (Å²) in [6, 6.07) is 5.07. The fraction of sp³-hybridized carbons (Fsp3) is 0.333. The smallest absolute Gasteiger partial charge is 0.264 e. The summed E-state index contributed by atoms with van der Waals surface area (Å²) in [5.41, 5.74) is 1.10. The van der Waals surface area contributed by atoms with Crippen LogP contribution in [0, 0.1) is 0 Å². The van der Waals surface area contributed by atoms with Crippen LogP contribution in [0.5, 0.6) is 5.75 Å². The summed E-state index contributed by atoms with van der Waals surface area (Å²) in [4.78, 5) is 25.3. The SMILES string of the molecule is CN1C(=O)COc2ccc(C(=O)NCCCn3ccnn3)cc21. The summed E-state index contributed by atoms with van der Waals surface area (Å²) >= 11 is 0. The maximum absolute atomic E-state index is 12.2. The lowest BCUT2D eigenvalue weighted by Gasteiger charge is -2.26. The third-order valence-corrected chi connectivity index (χ3v) is 3.63. The van der Waals surface area contributed by atoms with Crippen LogP contribution in [-0.2, 0) is 11.3 Å². The molecule has 0 atom stereocenters. The monoisotopic (exact) mass is 315 g/mol. The van der Waals surface area contributed by atoms with Crippen molar-refractivity contribution in [2.24, 2.45) is 0 Å². The van der Waals surface area contributed by atoms with Crippen LogP contribution in [0.4, 0.5) is 5.69 Å². The molecule has 0 fully saturated rings. The molecule has 8 nitrogen and oxygen atoms in total. The van der Waals surface area contributed by atoms with Gasteiger partial charge in [0, 0.05) is 31.9 Å². The van der Waals surface area contributed by atoms with Gasteiger partial charge in [-0.15, -0.1) is 5.10 Å². The second kappa shape index (κ2) is 6.47. The minimum atomic E-state index is -0.183. The number of carbonyl (C=O) groups is 2. The quantitative estimate of drug-likeness (QED) is 0.809. The van der Waals surface area contributed by atoms with Crippen molar-refractivity contribution >= 4 is 17.5 Å². The predicted octanol–water partition coefficient (Wildman–Crippen LogP) is 0.453. The van der Waals surface area contributed by atoms with Crippen LogP contribution >= 0.6 is 0 Å². The third kappa shape index (κ3) is 3.31. The maximum Gasteiger partial charge on any atom is 0.264 e. The molecule has 1 aromatic heterocycles. The number of aryl methyl sites for hydroxylation is 1. The van der Waals surface area contributed by atoms with E-state index in [9.17, 15) is 9.59 Å². The zero-order chi connectivity index (χ0) is 16.2. The number of rotatable bonds is 5. The van der Waals surface area contributed by atoms with Crippen LogP contribution in [0.25, 0.3) is 0 Å². The van der Waals surface area contributed by atoms with Gasteiger partial charge in [0.05, 0.1) is 11.9 Å². The van der Waals surface area contributed by atoms with Gasteiger partial charge < -0.3 is 15.0 Å². The summed E-state index contributed by atoms with van der Waals surface area (Å²) in [7, 11) is 1.67. The number of fused-ring (bicyclic) bond motifs is 1. The largest absolute Gasteiger partial charge is 0.482 e. The molecule has 23 heavy (non-hydrogen) atoms. The Kier molecular flexibility index (Phi) is 4.22. The van der Waals surface area contributed by atoms with E-state index in [1.807, 2.05) is 0 Å². The van der Waals surface area contributed by atoms with Crippen molar-refractivity contribution in [3.63, 3.8) is 0 Å². The zero-order valence-electron chi connectivity index (χ0n) is 12.7. The highest BCUT2D eigenvalue weighted by atomic mass is 16.5. The molecular formula is C15H17N5O3. The van der Waals surface area contributed by atoms with Gasteiger partial charge in [-0.3, -0.25) is 14.3 Å². The molecule has 0 bridgehead atoms. The van der Waals surface area contributed by atoms with Crippen LogP contribution in [-0.4, -0.2) is 47.0 Å². The van der Waals surface area contributed by atoms with E-state index >= 15 is 0 Å². The van der Waals surface area contributed by atoms with Gasteiger partial charge >= 0.3 is 0 Å². The zero-order valence-corrected chi connectivity index (χ0v) is 12.7. The number of carbonyl (C=O) groups excluding carboxylic acids is 2. The molecule has 120 valence electrons. The molecule has 0 saturated heterocycles. The summed E-state index contributed by atoms with van der Waals surface area (Å²) in [6.45, 7) is 1.24. The average Bonchev–Trinajstić information content (AvgIpc) is 3.08. The summed E-state index contributed by atoms with van der Waals surface area (Å²) in [6.07, 6.45) is 4.14. The highest BCUT2D eigenvalue weighted by molar-refractivity contribution is 6.00. The normalized spacial score (nSPS) is 13.4. The number of nitrogens with zero attached hydrogens (tertiary/aromatic N) is 4. The van der Waals surface area contributed by atoms with Crippen molar-refractivity contribution in [2.75, 3.05) is 25.1 Å². The van der Waals surface area contributed by atoms with Crippen molar-refractivity contribution < 1.29 is 14.3 Å². The second-order valence-electron chi connectivity index (χ2n) is 5.20. The van der Waals surface area contributed by atoms with Gasteiger partial charge in [-0.25, -0.2) is 0 Å². The van der Waals surface area contributed by atoms with Crippen molar-refractivity contribution in [3.05, 3.63) is 36.2 Å². The van der Waals surface area contributed by atoms with Gasteiger partial charge in [0.25, 0.3) is 11.8 Å². The second-order valence-corrected chi connectivity index (χ2v) is 5.20. The van der Waals surface area contributed by atoms with E-state index in [4.69, 9.17) is 4.74 Å². The number of amides is 2. The van der Waals surface area contributed by atoms with E-state index in [0.29, 0.717) is 30.1 Å². The van der Waals surface area contributed by atoms with Gasteiger partial charge in [0.2, 0.25) is 0 Å². The number of likely N-dealkylation sites (N-methyl/N-ethyl adjacent to an activating group) is 1. The molecule has 3 rings (SSSR count). The number of nitrogens with one attached hydrogen (secondary N) is 1. The van der Waals surface area contributed by atoms with Gasteiger partial charge in [0.1, 0.15) is 5.75 Å². The molecule has 0 unspecified atom stereocenters. The van der Waals surface area contributed by atoms with Crippen LogP contribution in [0.2, 0.25) is 0 Å². The van der Waals surface area contributed by atoms with Crippen molar-refractivity contribution in [1.29, 1.82) is 0 Å². The first-order chi connectivity index (χ1) is 11.1. The van der Waals surface area contributed by atoms with E-state index in [0.717, 1.165) is 6.42 Å². The van der Waals surface area contributed by atoms with Crippen molar-refractivity contribution in [1.82, 2.24) is 20.3 Å². The van der Waals surface area contributed by atoms with E-state index in [-0.39, 0.29) is 18.4 Å².